The monoisotopic (exact) mass is 424 g/mol. The molecule has 156 valence electrons. The first kappa shape index (κ1) is 30.6. The summed E-state index contributed by atoms with van der Waals surface area (Å²) in [5.41, 5.74) is 0. The number of carboxylic acids is 2. The molecule has 8 nitrogen and oxygen atoms in total. The molecular formula is C18H32O8Ti. The summed E-state index contributed by atoms with van der Waals surface area (Å²) in [6.07, 6.45) is 4.75. The summed E-state index contributed by atoms with van der Waals surface area (Å²) in [4.78, 5) is 39.9. The van der Waals surface area contributed by atoms with Crippen LogP contribution in [0, 0.1) is 11.8 Å². The Kier molecular flexibility index (Phi) is 24.1. The molecule has 2 unspecified atom stereocenters. The second-order valence-electron chi connectivity index (χ2n) is 5.79. The number of hydrogen-bond donors (Lipinski definition) is 0. The topological polar surface area (TPSA) is 133 Å². The van der Waals surface area contributed by atoms with Crippen molar-refractivity contribution in [1.82, 2.24) is 0 Å². The number of unbranched alkanes of at least 4 members (excludes halogenated alkanes) is 2. The molecule has 0 radical (unpaired) electrons. The van der Waals surface area contributed by atoms with Crippen molar-refractivity contribution in [3.8, 4) is 0 Å². The average molecular weight is 424 g/mol. The Bertz CT molecular complexity index is 360. The van der Waals surface area contributed by atoms with Crippen LogP contribution in [-0.4, -0.2) is 36.7 Å². The van der Waals surface area contributed by atoms with E-state index in [2.05, 4.69) is 13.8 Å². The molecule has 0 fully saturated rings. The van der Waals surface area contributed by atoms with Crippen molar-refractivity contribution in [3.05, 3.63) is 0 Å². The first-order chi connectivity index (χ1) is 12.5. The first-order valence-electron chi connectivity index (χ1n) is 8.93. The molecule has 27 heavy (non-hydrogen) atoms. The van der Waals surface area contributed by atoms with Crippen molar-refractivity contribution < 1.29 is 56.0 Å². The number of aliphatic carboxylic acids is 2. The van der Waals surface area contributed by atoms with Gasteiger partial charge in [0.25, 0.3) is 0 Å². The molecule has 0 bridgehead atoms. The standard InChI is InChI=1S/2C5H8O3.2C4H9O.Ti/c2*1-3(4(2)6)5(7)8;2*1-2-3-4-5;/h2*3H,1-2H3,(H,7,8);2*2-4H2,1H3;/q;;2*-1;+4/p-2. The molecule has 0 amide bonds. The first-order valence-corrected chi connectivity index (χ1v) is 10.2. The van der Waals surface area contributed by atoms with E-state index in [1.54, 1.807) is 0 Å². The van der Waals surface area contributed by atoms with Crippen LogP contribution in [0.3, 0.4) is 0 Å². The van der Waals surface area contributed by atoms with Gasteiger partial charge in [-0.15, -0.1) is 0 Å². The molecule has 0 heterocycles. The zero-order valence-corrected chi connectivity index (χ0v) is 18.7. The molecule has 0 aromatic carbocycles. The van der Waals surface area contributed by atoms with Crippen LogP contribution in [0.4, 0.5) is 0 Å². The Morgan fingerprint density at radius 1 is 0.778 bits per heavy atom. The Hall–Kier alpha value is -1.09. The van der Waals surface area contributed by atoms with E-state index in [9.17, 15) is 29.4 Å². The van der Waals surface area contributed by atoms with Crippen molar-refractivity contribution in [1.29, 1.82) is 0 Å². The fourth-order valence-electron chi connectivity index (χ4n) is 0.890. The number of rotatable bonds is 12. The summed E-state index contributed by atoms with van der Waals surface area (Å²) in [6.45, 7) is 11.2. The molecule has 0 aliphatic rings. The van der Waals surface area contributed by atoms with Crippen LogP contribution in [0.2, 0.25) is 0 Å². The Balaban J connectivity index is -0.000000327. The molecule has 0 aliphatic carbocycles. The van der Waals surface area contributed by atoms with Crippen molar-refractivity contribution >= 4 is 23.5 Å². The van der Waals surface area contributed by atoms with Gasteiger partial charge in [0.15, 0.2) is 0 Å². The van der Waals surface area contributed by atoms with E-state index in [1.807, 2.05) is 0 Å². The van der Waals surface area contributed by atoms with Crippen LogP contribution in [0.5, 0.6) is 0 Å². The molecule has 0 saturated heterocycles. The Morgan fingerprint density at radius 3 is 1.22 bits per heavy atom. The van der Waals surface area contributed by atoms with E-state index in [0.717, 1.165) is 13.2 Å². The van der Waals surface area contributed by atoms with Crippen LogP contribution >= 0.6 is 0 Å². The fourth-order valence-corrected chi connectivity index (χ4v) is 1.73. The number of carbonyl (C=O) groups excluding carboxylic acids is 4. The van der Waals surface area contributed by atoms with E-state index < -0.39 is 43.7 Å². The Labute approximate surface area is 171 Å². The predicted molar refractivity (Wildman–Crippen MR) is 91.4 cm³/mol. The second kappa shape index (κ2) is 21.2. The van der Waals surface area contributed by atoms with Gasteiger partial charge in [0, 0.05) is 0 Å². The zero-order valence-electron chi connectivity index (χ0n) is 17.2. The van der Waals surface area contributed by atoms with Crippen LogP contribution < -0.4 is 10.2 Å². The number of carboxylic acid groups (broad SMARTS) is 2. The third kappa shape index (κ3) is 24.9. The van der Waals surface area contributed by atoms with Gasteiger partial charge in [0.2, 0.25) is 0 Å². The maximum atomic E-state index is 10.2. The summed E-state index contributed by atoms with van der Waals surface area (Å²) in [6, 6.07) is 0. The minimum absolute atomic E-state index is 0.370. The molecule has 0 spiro atoms. The summed E-state index contributed by atoms with van der Waals surface area (Å²) >= 11 is -0.519. The molecule has 0 rings (SSSR count). The van der Waals surface area contributed by atoms with E-state index in [1.165, 1.54) is 53.4 Å². The zero-order chi connectivity index (χ0) is 21.8. The van der Waals surface area contributed by atoms with Crippen molar-refractivity contribution in [2.45, 2.75) is 67.2 Å². The molecule has 0 aliphatic heterocycles. The van der Waals surface area contributed by atoms with Crippen molar-refractivity contribution in [2.24, 2.45) is 11.8 Å². The van der Waals surface area contributed by atoms with Crippen LogP contribution in [0.1, 0.15) is 67.2 Å². The quantitative estimate of drug-likeness (QED) is 0.251. The van der Waals surface area contributed by atoms with E-state index in [-0.39, 0.29) is 11.6 Å². The molecule has 2 atom stereocenters. The fraction of sp³-hybridized carbons (Fsp3) is 0.778. The SMILES string of the molecule is CC(=O)C(C)C(=O)[O-].CC(=O)C(C)C(=O)[O-].CCCC[O][Ti+2][O]CCCC. The maximum absolute atomic E-state index is 10.2. The van der Waals surface area contributed by atoms with Crippen LogP contribution in [0.15, 0.2) is 0 Å². The number of ketones is 2. The number of Topliss-reactive ketones (excluding diaryl/α,β-unsaturated/α-hetero) is 2. The number of hydrogen-bond acceptors (Lipinski definition) is 8. The van der Waals surface area contributed by atoms with Crippen molar-refractivity contribution in [2.75, 3.05) is 13.2 Å². The number of carbonyl (C=O) groups is 4. The summed E-state index contributed by atoms with van der Waals surface area (Å²) in [5.74, 6) is -5.28. The van der Waals surface area contributed by atoms with Gasteiger partial charge in [-0.25, -0.2) is 0 Å². The third-order valence-corrected chi connectivity index (χ3v) is 4.25. The van der Waals surface area contributed by atoms with Gasteiger partial charge in [0.1, 0.15) is 11.6 Å². The molecule has 0 aromatic rings. The third-order valence-electron chi connectivity index (χ3n) is 3.24. The molecule has 0 aromatic heterocycles. The molecular weight excluding hydrogens is 392 g/mol. The predicted octanol–water partition coefficient (Wildman–Crippen LogP) is 0.455. The van der Waals surface area contributed by atoms with E-state index in [0.29, 0.717) is 0 Å². The average Bonchev–Trinajstić information content (AvgIpc) is 2.60. The van der Waals surface area contributed by atoms with Gasteiger partial charge in [-0.2, -0.15) is 0 Å². The van der Waals surface area contributed by atoms with Crippen molar-refractivity contribution in [3.63, 3.8) is 0 Å². The summed E-state index contributed by atoms with van der Waals surface area (Å²) < 4.78 is 10.6. The summed E-state index contributed by atoms with van der Waals surface area (Å²) in [5, 5.41) is 19.6. The van der Waals surface area contributed by atoms with Crippen LogP contribution in [0.25, 0.3) is 0 Å². The van der Waals surface area contributed by atoms with Crippen LogP contribution in [-0.2, 0) is 45.7 Å². The Morgan fingerprint density at radius 2 is 1.07 bits per heavy atom. The van der Waals surface area contributed by atoms with Gasteiger partial charge >= 0.3 is 79.3 Å². The van der Waals surface area contributed by atoms with E-state index in [4.69, 9.17) is 6.64 Å². The second-order valence-corrected chi connectivity index (χ2v) is 6.95. The summed E-state index contributed by atoms with van der Waals surface area (Å²) in [7, 11) is 0. The minimum atomic E-state index is -1.31. The van der Waals surface area contributed by atoms with E-state index >= 15 is 0 Å². The van der Waals surface area contributed by atoms with Gasteiger partial charge < -0.3 is 19.8 Å². The van der Waals surface area contributed by atoms with Gasteiger partial charge in [-0.1, -0.05) is 13.8 Å². The van der Waals surface area contributed by atoms with Gasteiger partial charge in [-0.3, -0.25) is 9.59 Å². The molecule has 0 saturated carbocycles. The van der Waals surface area contributed by atoms with Gasteiger partial charge in [-0.05, 0) is 13.8 Å². The molecule has 9 heteroatoms. The normalized spacial score (nSPS) is 11.5. The molecule has 0 N–H and O–H groups in total. The van der Waals surface area contributed by atoms with Gasteiger partial charge in [0.05, 0.1) is 23.8 Å².